The van der Waals surface area contributed by atoms with Gasteiger partial charge in [-0.3, -0.25) is 0 Å². The van der Waals surface area contributed by atoms with Crippen molar-refractivity contribution in [2.45, 2.75) is 57.9 Å². The average molecular weight is 305 g/mol. The Morgan fingerprint density at radius 1 is 1.41 bits per heavy atom. The second kappa shape index (κ2) is 8.73. The molecule has 0 unspecified atom stereocenters. The largest absolute Gasteiger partial charge is 0.478 e. The number of carboxylic acid groups (broad SMARTS) is 1. The third-order valence-electron chi connectivity index (χ3n) is 4.41. The summed E-state index contributed by atoms with van der Waals surface area (Å²) < 4.78 is 2.09. The maximum Gasteiger partial charge on any atom is 0.331 e. The molecule has 0 radical (unpaired) electrons. The summed E-state index contributed by atoms with van der Waals surface area (Å²) in [6.45, 7) is 1.44. The number of carboxylic acids is 1. The lowest BCUT2D eigenvalue weighted by molar-refractivity contribution is -0.132. The molecule has 3 N–H and O–H groups in total. The smallest absolute Gasteiger partial charge is 0.331 e. The van der Waals surface area contributed by atoms with E-state index in [1.165, 1.54) is 38.5 Å². The molecule has 1 aliphatic rings. The van der Waals surface area contributed by atoms with Gasteiger partial charge in [0.05, 0.1) is 12.0 Å². The summed E-state index contributed by atoms with van der Waals surface area (Å²) >= 11 is 0. The molecule has 1 saturated carbocycles. The first-order valence-electron chi connectivity index (χ1n) is 8.32. The highest BCUT2D eigenvalue weighted by Crippen LogP contribution is 2.26. The van der Waals surface area contributed by atoms with Crippen LogP contribution in [0.1, 0.15) is 50.6 Å². The SMILES string of the molecule is NCC/C=C(/Cc1cn(CCC2CCCCC2)cn1)C(=O)O. The van der Waals surface area contributed by atoms with Crippen LogP contribution in [-0.2, 0) is 17.8 Å². The summed E-state index contributed by atoms with van der Waals surface area (Å²) in [6, 6.07) is 0. The Labute approximate surface area is 132 Å². The van der Waals surface area contributed by atoms with Gasteiger partial charge >= 0.3 is 5.97 Å². The van der Waals surface area contributed by atoms with Crippen LogP contribution in [0.3, 0.4) is 0 Å². The van der Waals surface area contributed by atoms with Gasteiger partial charge in [0.15, 0.2) is 0 Å². The van der Waals surface area contributed by atoms with E-state index in [0.29, 0.717) is 25.0 Å². The molecule has 2 rings (SSSR count). The van der Waals surface area contributed by atoms with Gasteiger partial charge in [0.2, 0.25) is 0 Å². The van der Waals surface area contributed by atoms with Crippen molar-refractivity contribution in [3.8, 4) is 0 Å². The molecule has 0 aromatic carbocycles. The molecular formula is C17H27N3O2. The highest BCUT2D eigenvalue weighted by Gasteiger charge is 2.14. The predicted octanol–water partition coefficient (Wildman–Crippen LogP) is 2.76. The highest BCUT2D eigenvalue weighted by molar-refractivity contribution is 5.86. The zero-order valence-electron chi connectivity index (χ0n) is 13.2. The monoisotopic (exact) mass is 305 g/mol. The van der Waals surface area contributed by atoms with Crippen molar-refractivity contribution in [3.63, 3.8) is 0 Å². The lowest BCUT2D eigenvalue weighted by atomic mass is 9.87. The summed E-state index contributed by atoms with van der Waals surface area (Å²) in [7, 11) is 0. The Morgan fingerprint density at radius 2 is 2.18 bits per heavy atom. The van der Waals surface area contributed by atoms with E-state index in [-0.39, 0.29) is 0 Å². The first-order chi connectivity index (χ1) is 10.7. The van der Waals surface area contributed by atoms with E-state index in [4.69, 9.17) is 5.73 Å². The molecule has 5 nitrogen and oxygen atoms in total. The van der Waals surface area contributed by atoms with Gasteiger partial charge in [-0.2, -0.15) is 0 Å². The zero-order valence-corrected chi connectivity index (χ0v) is 13.2. The lowest BCUT2D eigenvalue weighted by Gasteiger charge is -2.21. The minimum Gasteiger partial charge on any atom is -0.478 e. The molecule has 0 aliphatic heterocycles. The molecule has 0 saturated heterocycles. The van der Waals surface area contributed by atoms with Crippen molar-refractivity contribution in [1.82, 2.24) is 9.55 Å². The van der Waals surface area contributed by atoms with Gasteiger partial charge in [-0.25, -0.2) is 9.78 Å². The molecule has 1 heterocycles. The fraction of sp³-hybridized carbons (Fsp3) is 0.647. The molecule has 22 heavy (non-hydrogen) atoms. The molecule has 1 aromatic rings. The predicted molar refractivity (Wildman–Crippen MR) is 86.5 cm³/mol. The molecule has 1 fully saturated rings. The number of imidazole rings is 1. The third kappa shape index (κ3) is 5.30. The Hall–Kier alpha value is -1.62. The zero-order chi connectivity index (χ0) is 15.8. The number of aryl methyl sites for hydroxylation is 1. The Kier molecular flexibility index (Phi) is 6.65. The molecule has 0 bridgehead atoms. The van der Waals surface area contributed by atoms with Crippen molar-refractivity contribution >= 4 is 5.97 Å². The average Bonchev–Trinajstić information content (AvgIpc) is 2.98. The lowest BCUT2D eigenvalue weighted by Crippen LogP contribution is -2.09. The van der Waals surface area contributed by atoms with Crippen LogP contribution in [0.15, 0.2) is 24.2 Å². The summed E-state index contributed by atoms with van der Waals surface area (Å²) in [5, 5.41) is 9.20. The number of hydrogen-bond acceptors (Lipinski definition) is 3. The molecular weight excluding hydrogens is 278 g/mol. The van der Waals surface area contributed by atoms with Crippen LogP contribution in [0.2, 0.25) is 0 Å². The summed E-state index contributed by atoms with van der Waals surface area (Å²) in [5.74, 6) is -0.0381. The molecule has 1 aliphatic carbocycles. The van der Waals surface area contributed by atoms with Crippen molar-refractivity contribution < 1.29 is 9.90 Å². The van der Waals surface area contributed by atoms with Crippen molar-refractivity contribution in [2.24, 2.45) is 11.7 Å². The summed E-state index contributed by atoms with van der Waals surface area (Å²) in [6.07, 6.45) is 14.5. The normalized spacial score (nSPS) is 16.9. The number of aliphatic carboxylic acids is 1. The van der Waals surface area contributed by atoms with Gasteiger partial charge in [0, 0.05) is 24.7 Å². The molecule has 122 valence electrons. The van der Waals surface area contributed by atoms with Crippen LogP contribution in [0.5, 0.6) is 0 Å². The number of rotatable bonds is 8. The second-order valence-corrected chi connectivity index (χ2v) is 6.18. The van der Waals surface area contributed by atoms with E-state index in [2.05, 4.69) is 9.55 Å². The van der Waals surface area contributed by atoms with Crippen molar-refractivity contribution in [3.05, 3.63) is 29.9 Å². The van der Waals surface area contributed by atoms with Crippen LogP contribution in [0.25, 0.3) is 0 Å². The van der Waals surface area contributed by atoms with E-state index >= 15 is 0 Å². The molecule has 5 heteroatoms. The van der Waals surface area contributed by atoms with Crippen LogP contribution in [0.4, 0.5) is 0 Å². The molecule has 0 amide bonds. The molecule has 0 atom stereocenters. The first kappa shape index (κ1) is 16.7. The minimum absolute atomic E-state index is 0.367. The summed E-state index contributed by atoms with van der Waals surface area (Å²) in [5.41, 5.74) is 6.62. The number of hydrogen-bond donors (Lipinski definition) is 2. The first-order valence-corrected chi connectivity index (χ1v) is 8.32. The highest BCUT2D eigenvalue weighted by atomic mass is 16.4. The van der Waals surface area contributed by atoms with Gasteiger partial charge in [-0.05, 0) is 25.3 Å². The van der Waals surface area contributed by atoms with E-state index in [1.54, 1.807) is 6.08 Å². The van der Waals surface area contributed by atoms with E-state index in [0.717, 1.165) is 18.2 Å². The van der Waals surface area contributed by atoms with Gasteiger partial charge in [-0.15, -0.1) is 0 Å². The van der Waals surface area contributed by atoms with E-state index in [1.807, 2.05) is 12.5 Å². The third-order valence-corrected chi connectivity index (χ3v) is 4.41. The topological polar surface area (TPSA) is 81.1 Å². The Bertz CT molecular complexity index is 502. The maximum absolute atomic E-state index is 11.2. The maximum atomic E-state index is 11.2. The van der Waals surface area contributed by atoms with Crippen molar-refractivity contribution in [2.75, 3.05) is 6.54 Å². The van der Waals surface area contributed by atoms with E-state index in [9.17, 15) is 9.90 Å². The quantitative estimate of drug-likeness (QED) is 0.724. The number of nitrogens with zero attached hydrogens (tertiary/aromatic N) is 2. The molecule has 0 spiro atoms. The summed E-state index contributed by atoms with van der Waals surface area (Å²) in [4.78, 5) is 15.5. The Balaban J connectivity index is 1.85. The fourth-order valence-corrected chi connectivity index (χ4v) is 3.12. The number of nitrogens with two attached hydrogens (primary N) is 1. The second-order valence-electron chi connectivity index (χ2n) is 6.18. The van der Waals surface area contributed by atoms with Crippen LogP contribution in [-0.4, -0.2) is 27.2 Å². The van der Waals surface area contributed by atoms with Crippen LogP contribution in [0, 0.1) is 5.92 Å². The van der Waals surface area contributed by atoms with Gasteiger partial charge in [0.25, 0.3) is 0 Å². The van der Waals surface area contributed by atoms with Gasteiger partial charge in [0.1, 0.15) is 0 Å². The number of aromatic nitrogens is 2. The Morgan fingerprint density at radius 3 is 2.86 bits per heavy atom. The van der Waals surface area contributed by atoms with Crippen LogP contribution >= 0.6 is 0 Å². The van der Waals surface area contributed by atoms with Crippen molar-refractivity contribution in [1.29, 1.82) is 0 Å². The van der Waals surface area contributed by atoms with Gasteiger partial charge < -0.3 is 15.4 Å². The van der Waals surface area contributed by atoms with Crippen LogP contribution < -0.4 is 5.73 Å². The molecule has 1 aromatic heterocycles. The fourth-order valence-electron chi connectivity index (χ4n) is 3.12. The number of carbonyl (C=O) groups is 1. The van der Waals surface area contributed by atoms with Gasteiger partial charge in [-0.1, -0.05) is 38.2 Å². The standard InChI is InChI=1S/C17H27N3O2/c18-9-4-7-15(17(21)22)11-16-12-20(13-19-16)10-8-14-5-2-1-3-6-14/h7,12-14H,1-6,8-11,18H2,(H,21,22)/b15-7-. The van der Waals surface area contributed by atoms with E-state index < -0.39 is 5.97 Å². The minimum atomic E-state index is -0.884.